The normalized spacial score (nSPS) is 11.8. The van der Waals surface area contributed by atoms with Crippen molar-refractivity contribution in [3.63, 3.8) is 0 Å². The van der Waals surface area contributed by atoms with E-state index in [1.165, 1.54) is 0 Å². The van der Waals surface area contributed by atoms with E-state index in [-0.39, 0.29) is 5.92 Å². The fourth-order valence-electron chi connectivity index (χ4n) is 1.12. The zero-order valence-corrected chi connectivity index (χ0v) is 8.08. The van der Waals surface area contributed by atoms with Gasteiger partial charge in [0.05, 0.1) is 6.61 Å². The van der Waals surface area contributed by atoms with Gasteiger partial charge in [-0.05, 0) is 31.5 Å². The molecule has 1 unspecified atom stereocenters. The molecular formula is C12H14O. The van der Waals surface area contributed by atoms with E-state index in [1.807, 2.05) is 38.1 Å². The molecule has 0 saturated heterocycles. The van der Waals surface area contributed by atoms with Gasteiger partial charge in [0.1, 0.15) is 5.75 Å². The van der Waals surface area contributed by atoms with Crippen LogP contribution in [0, 0.1) is 12.3 Å². The molecule has 0 heterocycles. The molecule has 0 N–H and O–H groups in total. The number of hydrogen-bond donors (Lipinski definition) is 0. The molecule has 1 aromatic rings. The van der Waals surface area contributed by atoms with Crippen molar-refractivity contribution in [2.45, 2.75) is 19.8 Å². The Morgan fingerprint density at radius 3 is 2.46 bits per heavy atom. The molecule has 0 aliphatic rings. The number of hydrogen-bond acceptors (Lipinski definition) is 1. The summed E-state index contributed by atoms with van der Waals surface area (Å²) in [7, 11) is 0. The molecule has 0 fully saturated rings. The van der Waals surface area contributed by atoms with Crippen LogP contribution in [0.1, 0.15) is 25.3 Å². The van der Waals surface area contributed by atoms with Crippen LogP contribution in [0.25, 0.3) is 0 Å². The Hall–Kier alpha value is -1.42. The van der Waals surface area contributed by atoms with Crippen molar-refractivity contribution < 1.29 is 4.74 Å². The number of rotatable bonds is 3. The van der Waals surface area contributed by atoms with Crippen molar-refractivity contribution in [1.29, 1.82) is 0 Å². The molecule has 1 aromatic carbocycles. The summed E-state index contributed by atoms with van der Waals surface area (Å²) < 4.78 is 5.32. The lowest BCUT2D eigenvalue weighted by Gasteiger charge is -2.06. The van der Waals surface area contributed by atoms with Gasteiger partial charge in [-0.2, -0.15) is 0 Å². The Kier molecular flexibility index (Phi) is 3.40. The van der Waals surface area contributed by atoms with E-state index in [1.54, 1.807) is 0 Å². The Bertz CT molecular complexity index is 292. The summed E-state index contributed by atoms with van der Waals surface area (Å²) in [6, 6.07) is 7.92. The van der Waals surface area contributed by atoms with E-state index in [0.29, 0.717) is 6.61 Å². The van der Waals surface area contributed by atoms with Crippen LogP contribution < -0.4 is 4.74 Å². The van der Waals surface area contributed by atoms with E-state index in [2.05, 4.69) is 5.92 Å². The highest BCUT2D eigenvalue weighted by Gasteiger charge is 2.00. The predicted octanol–water partition coefficient (Wildman–Crippen LogP) is 2.82. The molecule has 1 heteroatoms. The van der Waals surface area contributed by atoms with Gasteiger partial charge in [-0.25, -0.2) is 0 Å². The van der Waals surface area contributed by atoms with Gasteiger partial charge in [-0.3, -0.25) is 0 Å². The zero-order valence-electron chi connectivity index (χ0n) is 8.08. The molecule has 0 aromatic heterocycles. The summed E-state index contributed by atoms with van der Waals surface area (Å²) in [4.78, 5) is 0. The highest BCUT2D eigenvalue weighted by molar-refractivity contribution is 5.32. The Labute approximate surface area is 79.7 Å². The third kappa shape index (κ3) is 2.52. The van der Waals surface area contributed by atoms with Gasteiger partial charge in [0, 0.05) is 5.92 Å². The maximum Gasteiger partial charge on any atom is 0.119 e. The topological polar surface area (TPSA) is 9.23 Å². The first-order valence-electron chi connectivity index (χ1n) is 4.46. The minimum Gasteiger partial charge on any atom is -0.494 e. The molecule has 0 amide bonds. The summed E-state index contributed by atoms with van der Waals surface area (Å²) in [6.45, 7) is 4.68. The van der Waals surface area contributed by atoms with Crippen LogP contribution in [0.15, 0.2) is 24.3 Å². The van der Waals surface area contributed by atoms with Crippen LogP contribution in [0.2, 0.25) is 0 Å². The quantitative estimate of drug-likeness (QED) is 0.640. The van der Waals surface area contributed by atoms with Crippen molar-refractivity contribution in [3.8, 4) is 18.1 Å². The third-order valence-corrected chi connectivity index (χ3v) is 1.94. The first-order valence-corrected chi connectivity index (χ1v) is 4.46. The fourth-order valence-corrected chi connectivity index (χ4v) is 1.12. The molecule has 0 aliphatic carbocycles. The average Bonchev–Trinajstić information content (AvgIpc) is 2.18. The van der Waals surface area contributed by atoms with Crippen LogP contribution in [0.5, 0.6) is 5.75 Å². The number of terminal acetylenes is 1. The average molecular weight is 174 g/mol. The first kappa shape index (κ1) is 9.67. The lowest BCUT2D eigenvalue weighted by atomic mass is 10.0. The number of ether oxygens (including phenoxy) is 1. The predicted molar refractivity (Wildman–Crippen MR) is 54.9 cm³/mol. The Morgan fingerprint density at radius 1 is 1.38 bits per heavy atom. The maximum atomic E-state index is 5.32. The van der Waals surface area contributed by atoms with Gasteiger partial charge in [-0.1, -0.05) is 18.1 Å². The Balaban J connectivity index is 2.76. The minimum atomic E-state index is 0.177. The monoisotopic (exact) mass is 174 g/mol. The fraction of sp³-hybridized carbons (Fsp3) is 0.333. The van der Waals surface area contributed by atoms with E-state index >= 15 is 0 Å². The van der Waals surface area contributed by atoms with Crippen molar-refractivity contribution in [2.75, 3.05) is 6.61 Å². The van der Waals surface area contributed by atoms with E-state index in [4.69, 9.17) is 11.2 Å². The van der Waals surface area contributed by atoms with Gasteiger partial charge >= 0.3 is 0 Å². The second-order valence-corrected chi connectivity index (χ2v) is 2.89. The summed E-state index contributed by atoms with van der Waals surface area (Å²) in [5.41, 5.74) is 1.16. The van der Waals surface area contributed by atoms with Crippen LogP contribution in [0.3, 0.4) is 0 Å². The molecule has 0 aliphatic heterocycles. The van der Waals surface area contributed by atoms with Crippen LogP contribution in [0.4, 0.5) is 0 Å². The third-order valence-electron chi connectivity index (χ3n) is 1.94. The molecule has 0 saturated carbocycles. The standard InChI is InChI=1S/C12H14O/c1-4-10(3)11-6-8-12(9-7-11)13-5-2/h1,6-10H,5H2,2-3H3. The number of benzene rings is 1. The van der Waals surface area contributed by atoms with Crippen molar-refractivity contribution in [2.24, 2.45) is 0 Å². The minimum absolute atomic E-state index is 0.177. The van der Waals surface area contributed by atoms with Crippen LogP contribution in [-0.4, -0.2) is 6.61 Å². The van der Waals surface area contributed by atoms with Gasteiger partial charge in [0.15, 0.2) is 0 Å². The maximum absolute atomic E-state index is 5.32. The molecule has 1 atom stereocenters. The molecular weight excluding hydrogens is 160 g/mol. The molecule has 0 spiro atoms. The molecule has 1 rings (SSSR count). The lowest BCUT2D eigenvalue weighted by molar-refractivity contribution is 0.340. The second kappa shape index (κ2) is 4.57. The van der Waals surface area contributed by atoms with Gasteiger partial charge < -0.3 is 4.74 Å². The van der Waals surface area contributed by atoms with Gasteiger partial charge in [0.2, 0.25) is 0 Å². The molecule has 68 valence electrons. The molecule has 13 heavy (non-hydrogen) atoms. The SMILES string of the molecule is C#CC(C)c1ccc(OCC)cc1. The smallest absolute Gasteiger partial charge is 0.119 e. The van der Waals surface area contributed by atoms with Crippen molar-refractivity contribution >= 4 is 0 Å². The largest absolute Gasteiger partial charge is 0.494 e. The highest BCUT2D eigenvalue weighted by Crippen LogP contribution is 2.18. The summed E-state index contributed by atoms with van der Waals surface area (Å²) in [6.07, 6.45) is 5.32. The second-order valence-electron chi connectivity index (χ2n) is 2.89. The molecule has 0 bridgehead atoms. The van der Waals surface area contributed by atoms with Crippen LogP contribution in [-0.2, 0) is 0 Å². The van der Waals surface area contributed by atoms with Gasteiger partial charge in [0.25, 0.3) is 0 Å². The summed E-state index contributed by atoms with van der Waals surface area (Å²) >= 11 is 0. The highest BCUT2D eigenvalue weighted by atomic mass is 16.5. The lowest BCUT2D eigenvalue weighted by Crippen LogP contribution is -1.93. The van der Waals surface area contributed by atoms with E-state index in [9.17, 15) is 0 Å². The van der Waals surface area contributed by atoms with E-state index < -0.39 is 0 Å². The van der Waals surface area contributed by atoms with Crippen LogP contribution >= 0.6 is 0 Å². The summed E-state index contributed by atoms with van der Waals surface area (Å²) in [5, 5.41) is 0. The van der Waals surface area contributed by atoms with E-state index in [0.717, 1.165) is 11.3 Å². The molecule has 1 nitrogen and oxygen atoms in total. The zero-order chi connectivity index (χ0) is 9.68. The van der Waals surface area contributed by atoms with Crippen molar-refractivity contribution in [1.82, 2.24) is 0 Å². The Morgan fingerprint density at radius 2 is 2.00 bits per heavy atom. The van der Waals surface area contributed by atoms with Crippen molar-refractivity contribution in [3.05, 3.63) is 29.8 Å². The molecule has 0 radical (unpaired) electrons. The summed E-state index contributed by atoms with van der Waals surface area (Å²) in [5.74, 6) is 3.77. The van der Waals surface area contributed by atoms with Gasteiger partial charge in [-0.15, -0.1) is 6.42 Å². The first-order chi connectivity index (χ1) is 6.27.